The predicted molar refractivity (Wildman–Crippen MR) is 59.4 cm³/mol. The molecule has 86 valence electrons. The molecule has 0 amide bonds. The first-order chi connectivity index (χ1) is 6.28. The van der Waals surface area contributed by atoms with Gasteiger partial charge < -0.3 is 9.79 Å². The van der Waals surface area contributed by atoms with E-state index in [1.165, 1.54) is 6.92 Å². The lowest BCUT2D eigenvalue weighted by Crippen LogP contribution is -2.09. The molecule has 0 spiro atoms. The molecule has 0 bridgehead atoms. The monoisotopic (exact) mass is 242 g/mol. The summed E-state index contributed by atoms with van der Waals surface area (Å²) in [5.74, 6) is 0. The van der Waals surface area contributed by atoms with Crippen molar-refractivity contribution in [3.05, 3.63) is 0 Å². The molecule has 4 nitrogen and oxygen atoms in total. The van der Waals surface area contributed by atoms with Gasteiger partial charge in [-0.25, -0.2) is 0 Å². The summed E-state index contributed by atoms with van der Waals surface area (Å²) >= 11 is 0. The highest BCUT2D eigenvalue weighted by Crippen LogP contribution is 2.64. The summed E-state index contributed by atoms with van der Waals surface area (Å²) in [5.41, 5.74) is 0. The van der Waals surface area contributed by atoms with Gasteiger partial charge in [0.25, 0.3) is 0 Å². The highest BCUT2D eigenvalue weighted by Gasteiger charge is 2.39. The zero-order valence-electron chi connectivity index (χ0n) is 9.01. The molecule has 0 aliphatic carbocycles. The third kappa shape index (κ3) is 3.86. The van der Waals surface area contributed by atoms with Gasteiger partial charge in [-0.05, 0) is 19.8 Å². The summed E-state index contributed by atoms with van der Waals surface area (Å²) in [7, 11) is -6.90. The second-order valence-corrected chi connectivity index (χ2v) is 9.46. The van der Waals surface area contributed by atoms with Gasteiger partial charge in [0.2, 0.25) is 14.7 Å². The molecule has 2 unspecified atom stereocenters. The van der Waals surface area contributed by atoms with E-state index in [0.29, 0.717) is 12.8 Å². The molecule has 0 saturated carbocycles. The highest BCUT2D eigenvalue weighted by atomic mass is 31.2. The van der Waals surface area contributed by atoms with Crippen molar-refractivity contribution in [3.63, 3.8) is 0 Å². The fraction of sp³-hybridized carbons (Fsp3) is 1.00. The van der Waals surface area contributed by atoms with E-state index in [2.05, 4.69) is 0 Å². The van der Waals surface area contributed by atoms with Gasteiger partial charge in [0, 0.05) is 12.3 Å². The lowest BCUT2D eigenvalue weighted by atomic mass is 10.6. The molecule has 0 aliphatic rings. The molecule has 2 atom stereocenters. The normalized spacial score (nSPS) is 22.4. The minimum Gasteiger partial charge on any atom is -0.344 e. The Kier molecular flexibility index (Phi) is 5.61. The van der Waals surface area contributed by atoms with Crippen molar-refractivity contribution in [3.8, 4) is 0 Å². The van der Waals surface area contributed by atoms with E-state index in [4.69, 9.17) is 0 Å². The van der Waals surface area contributed by atoms with Gasteiger partial charge in [-0.3, -0.25) is 9.13 Å². The number of hydrogen-bond acceptors (Lipinski definition) is 2. The van der Waals surface area contributed by atoms with Gasteiger partial charge in [-0.15, -0.1) is 0 Å². The van der Waals surface area contributed by atoms with E-state index in [0.717, 1.165) is 0 Å². The summed E-state index contributed by atoms with van der Waals surface area (Å²) in [6.07, 6.45) is 1.37. The van der Waals surface area contributed by atoms with Crippen molar-refractivity contribution in [1.29, 1.82) is 0 Å². The Balaban J connectivity index is 4.67. The van der Waals surface area contributed by atoms with Gasteiger partial charge in [0.15, 0.2) is 0 Å². The van der Waals surface area contributed by atoms with Crippen LogP contribution in [0.25, 0.3) is 0 Å². The Morgan fingerprint density at radius 2 is 1.29 bits per heavy atom. The third-order valence-electron chi connectivity index (χ3n) is 2.26. The van der Waals surface area contributed by atoms with Crippen LogP contribution in [0.3, 0.4) is 0 Å². The first-order valence-electron chi connectivity index (χ1n) is 4.91. The molecular weight excluding hydrogens is 222 g/mol. The van der Waals surface area contributed by atoms with Crippen LogP contribution in [-0.2, 0) is 9.13 Å². The van der Waals surface area contributed by atoms with E-state index in [-0.39, 0.29) is 12.3 Å². The minimum atomic E-state index is -3.45. The Hall–Kier alpha value is 0.380. The molecule has 0 aromatic carbocycles. The molecule has 14 heavy (non-hydrogen) atoms. The Bertz CT molecular complexity index is 238. The van der Waals surface area contributed by atoms with Crippen LogP contribution in [-0.4, -0.2) is 27.5 Å². The van der Waals surface area contributed by atoms with Gasteiger partial charge in [0.1, 0.15) is 5.40 Å². The number of hydrogen-bond donors (Lipinski definition) is 2. The average molecular weight is 242 g/mol. The molecule has 6 heteroatoms. The van der Waals surface area contributed by atoms with Crippen molar-refractivity contribution in [2.45, 2.75) is 39.0 Å². The van der Waals surface area contributed by atoms with E-state index in [1.807, 2.05) is 0 Å². The van der Waals surface area contributed by atoms with Gasteiger partial charge in [-0.2, -0.15) is 0 Å². The SMILES string of the molecule is CCCP(=O)(O)C(C)P(=O)(O)CCC. The highest BCUT2D eigenvalue weighted by molar-refractivity contribution is 7.76. The largest absolute Gasteiger partial charge is 0.344 e. The van der Waals surface area contributed by atoms with Crippen molar-refractivity contribution in [2.75, 3.05) is 12.3 Å². The summed E-state index contributed by atoms with van der Waals surface area (Å²) < 4.78 is 23.3. The molecule has 0 aliphatic heterocycles. The second-order valence-electron chi connectivity index (χ2n) is 3.59. The molecule has 0 heterocycles. The summed E-state index contributed by atoms with van der Waals surface area (Å²) in [5, 5.41) is -0.977. The Labute approximate surface area is 85.6 Å². The smallest absolute Gasteiger partial charge is 0.212 e. The minimum absolute atomic E-state index is 0.127. The van der Waals surface area contributed by atoms with E-state index >= 15 is 0 Å². The molecule has 0 saturated heterocycles. The van der Waals surface area contributed by atoms with Crippen LogP contribution in [0.1, 0.15) is 33.6 Å². The summed E-state index contributed by atoms with van der Waals surface area (Å²) in [6, 6.07) is 0. The molecule has 0 aromatic heterocycles. The lowest BCUT2D eigenvalue weighted by molar-refractivity contribution is 0.451. The lowest BCUT2D eigenvalue weighted by Gasteiger charge is -2.23. The molecular formula is C8H20O4P2. The Morgan fingerprint density at radius 3 is 1.50 bits per heavy atom. The third-order valence-corrected chi connectivity index (χ3v) is 8.93. The van der Waals surface area contributed by atoms with Crippen LogP contribution in [0.2, 0.25) is 0 Å². The second kappa shape index (κ2) is 5.46. The fourth-order valence-electron chi connectivity index (χ4n) is 1.30. The zero-order valence-corrected chi connectivity index (χ0v) is 10.8. The first-order valence-corrected chi connectivity index (χ1v) is 8.73. The van der Waals surface area contributed by atoms with Crippen LogP contribution >= 0.6 is 14.7 Å². The van der Waals surface area contributed by atoms with Crippen molar-refractivity contribution < 1.29 is 18.9 Å². The Morgan fingerprint density at radius 1 is 1.00 bits per heavy atom. The molecule has 0 aromatic rings. The zero-order chi connectivity index (χ0) is 11.4. The average Bonchev–Trinajstić information content (AvgIpc) is 2.02. The van der Waals surface area contributed by atoms with Crippen molar-refractivity contribution >= 4 is 14.7 Å². The quantitative estimate of drug-likeness (QED) is 0.702. The standard InChI is InChI=1S/C8H20O4P2/c1-4-6-13(9,10)8(3)14(11,12)7-5-2/h8H,4-7H2,1-3H3,(H,9,10)(H,11,12). The van der Waals surface area contributed by atoms with Crippen molar-refractivity contribution in [2.24, 2.45) is 0 Å². The first kappa shape index (κ1) is 14.4. The fourth-order valence-corrected chi connectivity index (χ4v) is 6.27. The maximum atomic E-state index is 11.7. The van der Waals surface area contributed by atoms with Crippen molar-refractivity contribution in [1.82, 2.24) is 0 Å². The van der Waals surface area contributed by atoms with E-state index in [1.54, 1.807) is 13.8 Å². The van der Waals surface area contributed by atoms with Gasteiger partial charge in [0.05, 0.1) is 0 Å². The van der Waals surface area contributed by atoms with E-state index < -0.39 is 20.1 Å². The van der Waals surface area contributed by atoms with Crippen LogP contribution in [0.5, 0.6) is 0 Å². The van der Waals surface area contributed by atoms with Crippen LogP contribution in [0.4, 0.5) is 0 Å². The summed E-state index contributed by atoms with van der Waals surface area (Å²) in [4.78, 5) is 19.1. The van der Waals surface area contributed by atoms with Crippen LogP contribution in [0.15, 0.2) is 0 Å². The topological polar surface area (TPSA) is 74.6 Å². The predicted octanol–water partition coefficient (Wildman–Crippen LogP) is 2.69. The molecule has 0 radical (unpaired) electrons. The molecule has 0 fully saturated rings. The van der Waals surface area contributed by atoms with Crippen LogP contribution in [0, 0.1) is 0 Å². The molecule has 2 N–H and O–H groups in total. The van der Waals surface area contributed by atoms with E-state index in [9.17, 15) is 18.9 Å². The molecule has 0 rings (SSSR count). The van der Waals surface area contributed by atoms with Crippen LogP contribution < -0.4 is 0 Å². The van der Waals surface area contributed by atoms with Gasteiger partial charge in [-0.1, -0.05) is 13.8 Å². The summed E-state index contributed by atoms with van der Waals surface area (Å²) in [6.45, 7) is 4.99. The van der Waals surface area contributed by atoms with Gasteiger partial charge >= 0.3 is 0 Å². The number of rotatable bonds is 6. The maximum absolute atomic E-state index is 11.7. The maximum Gasteiger partial charge on any atom is 0.212 e.